The van der Waals surface area contributed by atoms with Crippen molar-refractivity contribution < 1.29 is 14.3 Å². The first-order chi connectivity index (χ1) is 7.93. The second-order valence-electron chi connectivity index (χ2n) is 3.36. The summed E-state index contributed by atoms with van der Waals surface area (Å²) >= 11 is 0. The van der Waals surface area contributed by atoms with E-state index in [9.17, 15) is 9.59 Å². The highest BCUT2D eigenvalue weighted by atomic mass is 16.5. The molecule has 0 atom stereocenters. The summed E-state index contributed by atoms with van der Waals surface area (Å²) in [5.41, 5.74) is -0.342. The molecule has 7 heteroatoms. The number of amides is 2. The van der Waals surface area contributed by atoms with Crippen molar-refractivity contribution in [1.82, 2.24) is 9.80 Å². The number of urea groups is 1. The van der Waals surface area contributed by atoms with Crippen LogP contribution in [0.1, 0.15) is 6.92 Å². The predicted molar refractivity (Wildman–Crippen MR) is 61.4 cm³/mol. The minimum absolute atomic E-state index is 0.0707. The molecule has 0 N–H and O–H groups in total. The topological polar surface area (TPSA) is 86.0 Å². The molecule has 0 fully saturated rings. The molecule has 0 aliphatic heterocycles. The van der Waals surface area contributed by atoms with Gasteiger partial charge in [0.25, 0.3) is 0 Å². The quantitative estimate of drug-likeness (QED) is 0.514. The summed E-state index contributed by atoms with van der Waals surface area (Å²) < 4.78 is 4.63. The predicted octanol–water partition coefficient (Wildman–Crippen LogP) is 0.0850. The number of esters is 1. The molecule has 2 amide bonds. The molecule has 0 rings (SSSR count). The molecule has 0 heterocycles. The zero-order chi connectivity index (χ0) is 13.4. The summed E-state index contributed by atoms with van der Waals surface area (Å²) in [5.74, 6) is -0.777. The van der Waals surface area contributed by atoms with Crippen molar-refractivity contribution >= 4 is 17.7 Å². The Hall–Kier alpha value is -2.10. The molecule has 0 bridgehead atoms. The summed E-state index contributed by atoms with van der Waals surface area (Å²) in [6, 6.07) is 1.37. The molecule has 0 aromatic rings. The molecule has 94 valence electrons. The fourth-order valence-electron chi connectivity index (χ4n) is 0.924. The van der Waals surface area contributed by atoms with Crippen molar-refractivity contribution in [2.75, 3.05) is 34.4 Å². The first kappa shape index (κ1) is 14.9. The van der Waals surface area contributed by atoms with Gasteiger partial charge >= 0.3 is 12.0 Å². The van der Waals surface area contributed by atoms with Gasteiger partial charge in [-0.3, -0.25) is 0 Å². The van der Waals surface area contributed by atoms with Crippen LogP contribution in [0.3, 0.4) is 0 Å². The Morgan fingerprint density at radius 3 is 2.35 bits per heavy atom. The van der Waals surface area contributed by atoms with E-state index in [2.05, 4.69) is 9.73 Å². The third-order valence-electron chi connectivity index (χ3n) is 1.72. The van der Waals surface area contributed by atoms with Gasteiger partial charge in [0.2, 0.25) is 5.71 Å². The van der Waals surface area contributed by atoms with Gasteiger partial charge in [-0.25, -0.2) is 14.6 Å². The van der Waals surface area contributed by atoms with E-state index in [1.165, 1.54) is 16.8 Å². The Bertz CT molecular complexity index is 357. The standard InChI is InChI=1S/C10H16N4O3/c1-5-17-9(15)8(6-11)12-7-14(4)10(16)13(2)3/h5,7H2,1-4H3. The lowest BCUT2D eigenvalue weighted by molar-refractivity contribution is -0.134. The lowest BCUT2D eigenvalue weighted by Crippen LogP contribution is -2.36. The minimum atomic E-state index is -0.777. The van der Waals surface area contributed by atoms with Gasteiger partial charge in [-0.05, 0) is 6.92 Å². The van der Waals surface area contributed by atoms with Crippen LogP contribution in [0.4, 0.5) is 4.79 Å². The maximum Gasteiger partial charge on any atom is 0.367 e. The Balaban J connectivity index is 4.53. The highest BCUT2D eigenvalue weighted by Gasteiger charge is 2.14. The summed E-state index contributed by atoms with van der Waals surface area (Å²) in [6.45, 7) is 1.74. The van der Waals surface area contributed by atoms with Crippen molar-refractivity contribution in [2.45, 2.75) is 6.92 Å². The number of nitrogens with zero attached hydrogens (tertiary/aromatic N) is 4. The van der Waals surface area contributed by atoms with Gasteiger partial charge in [-0.1, -0.05) is 0 Å². The second-order valence-corrected chi connectivity index (χ2v) is 3.36. The lowest BCUT2D eigenvalue weighted by Gasteiger charge is -2.19. The number of hydrogen-bond acceptors (Lipinski definition) is 5. The third-order valence-corrected chi connectivity index (χ3v) is 1.72. The van der Waals surface area contributed by atoms with Crippen molar-refractivity contribution in [3.05, 3.63) is 0 Å². The molecule has 7 nitrogen and oxygen atoms in total. The monoisotopic (exact) mass is 240 g/mol. The average molecular weight is 240 g/mol. The van der Waals surface area contributed by atoms with Crippen LogP contribution in [-0.4, -0.2) is 61.9 Å². The van der Waals surface area contributed by atoms with E-state index < -0.39 is 5.97 Å². The number of carbonyl (C=O) groups excluding carboxylic acids is 2. The molecular formula is C10H16N4O3. The van der Waals surface area contributed by atoms with Gasteiger partial charge in [-0.2, -0.15) is 5.26 Å². The molecule has 0 aromatic heterocycles. The zero-order valence-electron chi connectivity index (χ0n) is 10.4. The van der Waals surface area contributed by atoms with E-state index in [1.54, 1.807) is 27.1 Å². The summed E-state index contributed by atoms with van der Waals surface area (Å²) in [4.78, 5) is 29.0. The molecule has 0 saturated carbocycles. The van der Waals surface area contributed by atoms with Gasteiger partial charge in [0, 0.05) is 21.1 Å². The normalized spacial score (nSPS) is 10.4. The van der Waals surface area contributed by atoms with Crippen LogP contribution in [0.2, 0.25) is 0 Å². The van der Waals surface area contributed by atoms with Gasteiger partial charge in [0.05, 0.1) is 6.61 Å². The highest BCUT2D eigenvalue weighted by molar-refractivity contribution is 6.43. The summed E-state index contributed by atoms with van der Waals surface area (Å²) in [5, 5.41) is 8.69. The van der Waals surface area contributed by atoms with E-state index in [4.69, 9.17) is 5.26 Å². The van der Waals surface area contributed by atoms with Crippen LogP contribution in [-0.2, 0) is 9.53 Å². The van der Waals surface area contributed by atoms with Gasteiger partial charge in [0.15, 0.2) is 0 Å². The molecule has 0 aliphatic carbocycles. The van der Waals surface area contributed by atoms with Crippen LogP contribution < -0.4 is 0 Å². The van der Waals surface area contributed by atoms with E-state index in [-0.39, 0.29) is 25.0 Å². The Kier molecular flexibility index (Phi) is 6.33. The second kappa shape index (κ2) is 7.22. The van der Waals surface area contributed by atoms with Crippen molar-refractivity contribution in [2.24, 2.45) is 4.99 Å². The number of rotatable bonds is 4. The van der Waals surface area contributed by atoms with E-state index in [0.717, 1.165) is 0 Å². The Morgan fingerprint density at radius 2 is 1.94 bits per heavy atom. The Labute approximate surface area is 100 Å². The number of ether oxygens (including phenoxy) is 1. The fraction of sp³-hybridized carbons (Fsp3) is 0.600. The molecule has 0 unspecified atom stereocenters. The fourth-order valence-corrected chi connectivity index (χ4v) is 0.924. The SMILES string of the molecule is CCOC(=O)C(C#N)=NCN(C)C(=O)N(C)C. The summed E-state index contributed by atoms with van der Waals surface area (Å²) in [6.07, 6.45) is 0. The van der Waals surface area contributed by atoms with Crippen LogP contribution >= 0.6 is 0 Å². The molecule has 0 radical (unpaired) electrons. The molecule has 0 saturated heterocycles. The number of aliphatic imine (C=N–C) groups is 1. The van der Waals surface area contributed by atoms with Crippen LogP contribution in [0, 0.1) is 11.3 Å². The minimum Gasteiger partial charge on any atom is -0.461 e. The third kappa shape index (κ3) is 4.97. The van der Waals surface area contributed by atoms with Crippen LogP contribution in [0.5, 0.6) is 0 Å². The first-order valence-corrected chi connectivity index (χ1v) is 4.98. The first-order valence-electron chi connectivity index (χ1n) is 4.98. The maximum atomic E-state index is 11.4. The van der Waals surface area contributed by atoms with E-state index in [0.29, 0.717) is 0 Å². The number of hydrogen-bond donors (Lipinski definition) is 0. The van der Waals surface area contributed by atoms with Gasteiger partial charge in [-0.15, -0.1) is 0 Å². The van der Waals surface area contributed by atoms with Crippen molar-refractivity contribution in [1.29, 1.82) is 5.26 Å². The van der Waals surface area contributed by atoms with Crippen LogP contribution in [0.25, 0.3) is 0 Å². The Morgan fingerprint density at radius 1 is 1.35 bits per heavy atom. The number of nitriles is 1. The van der Waals surface area contributed by atoms with Crippen LogP contribution in [0.15, 0.2) is 4.99 Å². The maximum absolute atomic E-state index is 11.4. The molecule has 17 heavy (non-hydrogen) atoms. The van der Waals surface area contributed by atoms with Gasteiger partial charge < -0.3 is 14.5 Å². The van der Waals surface area contributed by atoms with Crippen molar-refractivity contribution in [3.63, 3.8) is 0 Å². The van der Waals surface area contributed by atoms with E-state index in [1.807, 2.05) is 0 Å². The summed E-state index contributed by atoms with van der Waals surface area (Å²) in [7, 11) is 4.71. The lowest BCUT2D eigenvalue weighted by atomic mass is 10.4. The van der Waals surface area contributed by atoms with Crippen molar-refractivity contribution in [3.8, 4) is 6.07 Å². The molecule has 0 spiro atoms. The molecule has 0 aliphatic rings. The molecule has 0 aromatic carbocycles. The highest BCUT2D eigenvalue weighted by Crippen LogP contribution is 1.93. The smallest absolute Gasteiger partial charge is 0.367 e. The largest absolute Gasteiger partial charge is 0.461 e. The molecular weight excluding hydrogens is 224 g/mol. The van der Waals surface area contributed by atoms with E-state index >= 15 is 0 Å². The average Bonchev–Trinajstić information content (AvgIpc) is 2.28. The van der Waals surface area contributed by atoms with Gasteiger partial charge in [0.1, 0.15) is 12.7 Å². The zero-order valence-corrected chi connectivity index (χ0v) is 10.4. The number of carbonyl (C=O) groups is 2.